The second-order valence-electron chi connectivity index (χ2n) is 5.98. The van der Waals surface area contributed by atoms with E-state index in [0.717, 1.165) is 10.1 Å². The predicted molar refractivity (Wildman–Crippen MR) is 105 cm³/mol. The highest BCUT2D eigenvalue weighted by atomic mass is 16.6. The van der Waals surface area contributed by atoms with Gasteiger partial charge >= 0.3 is 12.1 Å². The third-order valence-corrected chi connectivity index (χ3v) is 4.37. The van der Waals surface area contributed by atoms with Gasteiger partial charge in [0.1, 0.15) is 17.8 Å². The molecule has 3 aromatic rings. The predicted octanol–water partition coefficient (Wildman–Crippen LogP) is 3.64. The topological polar surface area (TPSA) is 85.2 Å². The van der Waals surface area contributed by atoms with Crippen LogP contribution in [-0.4, -0.2) is 45.1 Å². The van der Waals surface area contributed by atoms with Gasteiger partial charge in [-0.1, -0.05) is 30.3 Å². The van der Waals surface area contributed by atoms with Crippen molar-refractivity contribution < 1.29 is 33.3 Å². The minimum absolute atomic E-state index is 0.00540. The van der Waals surface area contributed by atoms with E-state index >= 15 is 0 Å². The van der Waals surface area contributed by atoms with Crippen LogP contribution in [-0.2, 0) is 16.1 Å². The van der Waals surface area contributed by atoms with Gasteiger partial charge in [-0.25, -0.2) is 14.2 Å². The Balaban J connectivity index is 2.16. The summed E-state index contributed by atoms with van der Waals surface area (Å²) >= 11 is 0. The molecule has 0 saturated heterocycles. The number of aromatic nitrogens is 1. The van der Waals surface area contributed by atoms with E-state index in [9.17, 15) is 9.59 Å². The van der Waals surface area contributed by atoms with E-state index in [-0.39, 0.29) is 23.8 Å². The minimum atomic E-state index is -0.755. The lowest BCUT2D eigenvalue weighted by Crippen LogP contribution is -2.20. The first-order valence-corrected chi connectivity index (χ1v) is 8.69. The summed E-state index contributed by atoms with van der Waals surface area (Å²) < 4.78 is 27.6. The highest BCUT2D eigenvalue weighted by Crippen LogP contribution is 2.44. The number of methoxy groups -OCH3 is 4. The number of benzene rings is 2. The molecule has 0 unspecified atom stereocenters. The monoisotopic (exact) mass is 399 g/mol. The molecular weight excluding hydrogens is 378 g/mol. The average molecular weight is 399 g/mol. The number of carbonyl (C=O) groups excluding carboxylic acids is 2. The molecule has 29 heavy (non-hydrogen) atoms. The van der Waals surface area contributed by atoms with Gasteiger partial charge in [0.15, 0.2) is 11.5 Å². The van der Waals surface area contributed by atoms with Gasteiger partial charge in [0.2, 0.25) is 5.75 Å². The molecular formula is C21H21NO7. The second-order valence-corrected chi connectivity index (χ2v) is 5.98. The van der Waals surface area contributed by atoms with Gasteiger partial charge in [-0.2, -0.15) is 0 Å². The van der Waals surface area contributed by atoms with Crippen LogP contribution in [0, 0.1) is 0 Å². The average Bonchev–Trinajstić information content (AvgIpc) is 3.15. The number of hydrogen-bond acceptors (Lipinski definition) is 7. The van der Waals surface area contributed by atoms with Crippen molar-refractivity contribution in [3.05, 3.63) is 53.7 Å². The van der Waals surface area contributed by atoms with E-state index in [1.165, 1.54) is 34.5 Å². The molecule has 0 aliphatic carbocycles. The molecule has 0 spiro atoms. The zero-order valence-electron chi connectivity index (χ0n) is 16.6. The van der Waals surface area contributed by atoms with E-state index in [4.69, 9.17) is 23.7 Å². The normalized spacial score (nSPS) is 10.5. The van der Waals surface area contributed by atoms with E-state index in [0.29, 0.717) is 16.7 Å². The van der Waals surface area contributed by atoms with Gasteiger partial charge in [0.25, 0.3) is 0 Å². The first-order chi connectivity index (χ1) is 14.0. The van der Waals surface area contributed by atoms with Crippen LogP contribution in [0.25, 0.3) is 10.9 Å². The lowest BCUT2D eigenvalue weighted by atomic mass is 10.2. The molecule has 0 aliphatic heterocycles. The summed E-state index contributed by atoms with van der Waals surface area (Å²) in [6, 6.07) is 12.4. The maximum Gasteiger partial charge on any atom is 0.419 e. The van der Waals surface area contributed by atoms with Gasteiger partial charge < -0.3 is 23.7 Å². The molecule has 1 aromatic heterocycles. The number of hydrogen-bond donors (Lipinski definition) is 0. The molecule has 2 aromatic carbocycles. The lowest BCUT2D eigenvalue weighted by Gasteiger charge is -2.15. The molecule has 0 amide bonds. The van der Waals surface area contributed by atoms with E-state index < -0.39 is 12.1 Å². The van der Waals surface area contributed by atoms with Crippen LogP contribution in [0.3, 0.4) is 0 Å². The van der Waals surface area contributed by atoms with Gasteiger partial charge in [-0.05, 0) is 17.7 Å². The van der Waals surface area contributed by atoms with Crippen LogP contribution < -0.4 is 14.2 Å². The molecule has 0 saturated carbocycles. The van der Waals surface area contributed by atoms with Crippen LogP contribution in [0.4, 0.5) is 4.79 Å². The fraction of sp³-hybridized carbons (Fsp3) is 0.238. The quantitative estimate of drug-likeness (QED) is 0.585. The third-order valence-electron chi connectivity index (χ3n) is 4.37. The first kappa shape index (κ1) is 20.1. The number of nitrogens with zero attached hydrogens (tertiary/aromatic N) is 1. The second kappa shape index (κ2) is 8.55. The molecule has 0 aliphatic rings. The van der Waals surface area contributed by atoms with Crippen molar-refractivity contribution in [3.63, 3.8) is 0 Å². The highest BCUT2D eigenvalue weighted by Gasteiger charge is 2.28. The fourth-order valence-electron chi connectivity index (χ4n) is 3.06. The van der Waals surface area contributed by atoms with Gasteiger partial charge in [0, 0.05) is 5.39 Å². The molecule has 8 nitrogen and oxygen atoms in total. The first-order valence-electron chi connectivity index (χ1n) is 8.69. The summed E-state index contributed by atoms with van der Waals surface area (Å²) in [5.41, 5.74) is 1.11. The largest absolute Gasteiger partial charge is 0.493 e. The van der Waals surface area contributed by atoms with Crippen molar-refractivity contribution in [2.24, 2.45) is 0 Å². The number of esters is 1. The Kier molecular flexibility index (Phi) is 5.92. The Hall–Kier alpha value is -3.68. The maximum absolute atomic E-state index is 13.0. The van der Waals surface area contributed by atoms with Crippen molar-refractivity contribution in [2.75, 3.05) is 28.4 Å². The van der Waals surface area contributed by atoms with Crippen molar-refractivity contribution in [2.45, 2.75) is 6.61 Å². The van der Waals surface area contributed by atoms with Crippen LogP contribution in [0.15, 0.2) is 42.5 Å². The van der Waals surface area contributed by atoms with E-state index in [1.807, 2.05) is 30.3 Å². The van der Waals surface area contributed by atoms with Crippen LogP contribution in [0.1, 0.15) is 16.1 Å². The Bertz CT molecular complexity index is 1040. The van der Waals surface area contributed by atoms with E-state index in [1.54, 1.807) is 6.07 Å². The summed E-state index contributed by atoms with van der Waals surface area (Å²) in [6.07, 6.45) is -0.755. The van der Waals surface area contributed by atoms with E-state index in [2.05, 4.69) is 0 Å². The molecule has 0 bridgehead atoms. The lowest BCUT2D eigenvalue weighted by molar-refractivity contribution is 0.0585. The van der Waals surface area contributed by atoms with Crippen molar-refractivity contribution in [3.8, 4) is 17.2 Å². The van der Waals surface area contributed by atoms with Crippen LogP contribution in [0.2, 0.25) is 0 Å². The van der Waals surface area contributed by atoms with Crippen molar-refractivity contribution in [1.29, 1.82) is 0 Å². The summed E-state index contributed by atoms with van der Waals surface area (Å²) in [4.78, 5) is 25.3. The van der Waals surface area contributed by atoms with Crippen molar-refractivity contribution in [1.82, 2.24) is 4.57 Å². The van der Waals surface area contributed by atoms with Gasteiger partial charge in [-0.15, -0.1) is 0 Å². The smallest absolute Gasteiger partial charge is 0.419 e. The molecule has 0 atom stereocenters. The van der Waals surface area contributed by atoms with Gasteiger partial charge in [0.05, 0.1) is 28.4 Å². The minimum Gasteiger partial charge on any atom is -0.493 e. The van der Waals surface area contributed by atoms with Crippen LogP contribution >= 0.6 is 0 Å². The zero-order valence-corrected chi connectivity index (χ0v) is 16.6. The Morgan fingerprint density at radius 3 is 2.17 bits per heavy atom. The molecule has 1 heterocycles. The molecule has 0 radical (unpaired) electrons. The summed E-state index contributed by atoms with van der Waals surface area (Å²) in [7, 11) is 5.60. The summed E-state index contributed by atoms with van der Waals surface area (Å²) in [5, 5.41) is 0.525. The SMILES string of the molecule is COC(=O)c1cc2cc(OC)c(OC)c(OC)c2n1C(=O)OCc1ccccc1. The molecule has 8 heteroatoms. The number of carbonyl (C=O) groups is 2. The molecule has 0 N–H and O–H groups in total. The number of ether oxygens (including phenoxy) is 5. The third kappa shape index (κ3) is 3.69. The van der Waals surface area contributed by atoms with Crippen LogP contribution in [0.5, 0.6) is 17.2 Å². The number of rotatable bonds is 6. The molecule has 152 valence electrons. The Morgan fingerprint density at radius 2 is 1.59 bits per heavy atom. The summed E-state index contributed by atoms with van der Waals surface area (Å²) in [6.45, 7) is 0.0373. The summed E-state index contributed by atoms with van der Waals surface area (Å²) in [5.74, 6) is 0.212. The maximum atomic E-state index is 13.0. The van der Waals surface area contributed by atoms with Gasteiger partial charge in [-0.3, -0.25) is 0 Å². The zero-order chi connectivity index (χ0) is 21.0. The Morgan fingerprint density at radius 1 is 0.897 bits per heavy atom. The molecule has 0 fully saturated rings. The highest BCUT2D eigenvalue weighted by molar-refractivity contribution is 6.05. The molecule has 3 rings (SSSR count). The number of fused-ring (bicyclic) bond motifs is 1. The standard InChI is InChI=1S/C21H21NO7/c1-25-16-11-14-10-15(20(23)28-4)22(17(14)19(27-3)18(16)26-2)21(24)29-12-13-8-6-5-7-9-13/h5-11H,12H2,1-4H3. The van der Waals surface area contributed by atoms with Crippen molar-refractivity contribution >= 4 is 23.0 Å². The fourth-order valence-corrected chi connectivity index (χ4v) is 3.06. The Labute approximate surface area is 167 Å².